The van der Waals surface area contributed by atoms with Crippen LogP contribution >= 0.6 is 0 Å². The van der Waals surface area contributed by atoms with E-state index in [4.69, 9.17) is 5.11 Å². The Hall–Kier alpha value is -2.28. The van der Waals surface area contributed by atoms with Gasteiger partial charge in [0.05, 0.1) is 12.1 Å². The minimum Gasteiger partial charge on any atom is -0.478 e. The molecule has 1 N–H and O–H groups in total. The lowest BCUT2D eigenvalue weighted by atomic mass is 10.1. The largest absolute Gasteiger partial charge is 0.478 e. The number of hydrogen-bond donors (Lipinski definition) is 1. The number of carboxylic acid groups (broad SMARTS) is 1. The van der Waals surface area contributed by atoms with E-state index in [-0.39, 0.29) is 5.56 Å². The van der Waals surface area contributed by atoms with Crippen molar-refractivity contribution in [2.45, 2.75) is 19.6 Å². The zero-order valence-corrected chi connectivity index (χ0v) is 10.7. The Kier molecular flexibility index (Phi) is 3.19. The average Bonchev–Trinajstić information content (AvgIpc) is 2.88. The lowest BCUT2D eigenvalue weighted by Gasteiger charge is -2.27. The number of aromatic nitrogens is 3. The molecule has 2 heterocycles. The van der Waals surface area contributed by atoms with Gasteiger partial charge in [-0.1, -0.05) is 12.1 Å². The van der Waals surface area contributed by atoms with Crippen molar-refractivity contribution >= 4 is 5.97 Å². The van der Waals surface area contributed by atoms with Gasteiger partial charge in [0.2, 0.25) is 0 Å². The highest BCUT2D eigenvalue weighted by Gasteiger charge is 2.20. The zero-order chi connectivity index (χ0) is 14.1. The van der Waals surface area contributed by atoms with Crippen molar-refractivity contribution < 1.29 is 14.3 Å². The number of halogens is 1. The second-order valence-corrected chi connectivity index (χ2v) is 4.74. The lowest BCUT2D eigenvalue weighted by molar-refractivity contribution is 0.0691. The summed E-state index contributed by atoms with van der Waals surface area (Å²) in [5, 5.41) is 16.8. The van der Waals surface area contributed by atoms with E-state index in [1.807, 2.05) is 9.47 Å². The molecule has 0 atom stereocenters. The smallest absolute Gasteiger partial charge is 0.338 e. The molecule has 0 unspecified atom stereocenters. The quantitative estimate of drug-likeness (QED) is 0.910. The molecule has 0 saturated heterocycles. The fraction of sp³-hybridized carbons (Fsp3) is 0.308. The Morgan fingerprint density at radius 2 is 2.25 bits per heavy atom. The number of nitrogens with zero attached hydrogens (tertiary/aromatic N) is 4. The van der Waals surface area contributed by atoms with E-state index in [9.17, 15) is 9.18 Å². The van der Waals surface area contributed by atoms with Crippen molar-refractivity contribution in [2.24, 2.45) is 0 Å². The number of hydrogen-bond acceptors (Lipinski definition) is 4. The molecule has 1 aromatic heterocycles. The number of carboxylic acids is 1. The molecule has 6 nitrogen and oxygen atoms in total. The SMILES string of the molecule is O=C(O)c1cccc(CN2CCn3cnnc3C2)c1F. The third-order valence-corrected chi connectivity index (χ3v) is 3.42. The van der Waals surface area contributed by atoms with E-state index in [2.05, 4.69) is 10.2 Å². The maximum absolute atomic E-state index is 14.1. The molecule has 1 aliphatic rings. The third kappa shape index (κ3) is 2.27. The maximum atomic E-state index is 14.1. The molecule has 0 amide bonds. The van der Waals surface area contributed by atoms with Gasteiger partial charge in [0.15, 0.2) is 0 Å². The Bertz CT molecular complexity index is 656. The van der Waals surface area contributed by atoms with Crippen molar-refractivity contribution in [3.8, 4) is 0 Å². The summed E-state index contributed by atoms with van der Waals surface area (Å²) < 4.78 is 16.0. The Balaban J connectivity index is 1.79. The van der Waals surface area contributed by atoms with Gasteiger partial charge in [0, 0.05) is 25.2 Å². The van der Waals surface area contributed by atoms with Gasteiger partial charge >= 0.3 is 5.97 Å². The van der Waals surface area contributed by atoms with Gasteiger partial charge in [-0.05, 0) is 6.07 Å². The van der Waals surface area contributed by atoms with E-state index >= 15 is 0 Å². The Morgan fingerprint density at radius 3 is 3.05 bits per heavy atom. The van der Waals surface area contributed by atoms with Crippen molar-refractivity contribution in [1.82, 2.24) is 19.7 Å². The molecule has 104 valence electrons. The molecule has 3 rings (SSSR count). The highest BCUT2D eigenvalue weighted by Crippen LogP contribution is 2.18. The van der Waals surface area contributed by atoms with Gasteiger partial charge in [-0.3, -0.25) is 4.90 Å². The molecule has 2 aromatic rings. The summed E-state index contributed by atoms with van der Waals surface area (Å²) in [5.74, 6) is -1.07. The van der Waals surface area contributed by atoms with Crippen LogP contribution in [0.25, 0.3) is 0 Å². The van der Waals surface area contributed by atoms with Gasteiger partial charge in [0.1, 0.15) is 18.0 Å². The van der Waals surface area contributed by atoms with Crippen LogP contribution in [0.4, 0.5) is 4.39 Å². The second-order valence-electron chi connectivity index (χ2n) is 4.74. The molecule has 0 bridgehead atoms. The van der Waals surface area contributed by atoms with E-state index < -0.39 is 11.8 Å². The molecule has 0 spiro atoms. The molecule has 1 aliphatic heterocycles. The van der Waals surface area contributed by atoms with Crippen LogP contribution < -0.4 is 0 Å². The van der Waals surface area contributed by atoms with E-state index in [0.717, 1.165) is 18.9 Å². The van der Waals surface area contributed by atoms with Gasteiger partial charge in [-0.2, -0.15) is 0 Å². The van der Waals surface area contributed by atoms with Crippen LogP contribution in [0.1, 0.15) is 21.7 Å². The fourth-order valence-electron chi connectivity index (χ4n) is 2.36. The average molecular weight is 276 g/mol. The highest BCUT2D eigenvalue weighted by atomic mass is 19.1. The van der Waals surface area contributed by atoms with Crippen LogP contribution in [-0.2, 0) is 19.6 Å². The minimum atomic E-state index is -1.25. The number of benzene rings is 1. The Labute approximate surface area is 114 Å². The van der Waals surface area contributed by atoms with Gasteiger partial charge < -0.3 is 9.67 Å². The molecule has 0 aliphatic carbocycles. The van der Waals surface area contributed by atoms with Crippen LogP contribution in [0.2, 0.25) is 0 Å². The van der Waals surface area contributed by atoms with E-state index in [1.54, 1.807) is 18.5 Å². The summed E-state index contributed by atoms with van der Waals surface area (Å²) in [6.45, 7) is 2.45. The topological polar surface area (TPSA) is 71.2 Å². The minimum absolute atomic E-state index is 0.289. The predicted octanol–water partition coefficient (Wildman–Crippen LogP) is 1.13. The molecule has 0 radical (unpaired) electrons. The number of carbonyl (C=O) groups is 1. The summed E-state index contributed by atoms with van der Waals surface area (Å²) >= 11 is 0. The first kappa shape index (κ1) is 12.7. The second kappa shape index (κ2) is 5.01. The van der Waals surface area contributed by atoms with E-state index in [0.29, 0.717) is 18.7 Å². The van der Waals surface area contributed by atoms with Crippen LogP contribution in [0.5, 0.6) is 0 Å². The number of aromatic carboxylic acids is 1. The maximum Gasteiger partial charge on any atom is 0.338 e. The lowest BCUT2D eigenvalue weighted by Crippen LogP contribution is -2.33. The monoisotopic (exact) mass is 276 g/mol. The zero-order valence-electron chi connectivity index (χ0n) is 10.7. The summed E-state index contributed by atoms with van der Waals surface area (Å²) in [6.07, 6.45) is 1.68. The molecular weight excluding hydrogens is 263 g/mol. The van der Waals surface area contributed by atoms with E-state index in [1.165, 1.54) is 6.07 Å². The van der Waals surface area contributed by atoms with Gasteiger partial charge in [0.25, 0.3) is 0 Å². The van der Waals surface area contributed by atoms with Crippen LogP contribution in [-0.4, -0.2) is 37.3 Å². The summed E-state index contributed by atoms with van der Waals surface area (Å²) in [6, 6.07) is 4.45. The standard InChI is InChI=1S/C13H13FN4O2/c14-12-9(2-1-3-10(12)13(19)20)6-17-4-5-18-8-15-16-11(18)7-17/h1-3,8H,4-7H2,(H,19,20). The highest BCUT2D eigenvalue weighted by molar-refractivity contribution is 5.88. The molecule has 7 heteroatoms. The summed E-state index contributed by atoms with van der Waals surface area (Å²) in [4.78, 5) is 12.9. The molecule has 0 saturated carbocycles. The van der Waals surface area contributed by atoms with Gasteiger partial charge in [-0.15, -0.1) is 10.2 Å². The van der Waals surface area contributed by atoms with Gasteiger partial charge in [-0.25, -0.2) is 9.18 Å². The van der Waals surface area contributed by atoms with Crippen molar-refractivity contribution in [3.05, 3.63) is 47.3 Å². The predicted molar refractivity (Wildman–Crippen MR) is 67.5 cm³/mol. The molecule has 1 aromatic carbocycles. The third-order valence-electron chi connectivity index (χ3n) is 3.42. The summed E-state index contributed by atoms with van der Waals surface area (Å²) in [5.41, 5.74) is 0.0977. The van der Waals surface area contributed by atoms with Crippen molar-refractivity contribution in [3.63, 3.8) is 0 Å². The first-order valence-electron chi connectivity index (χ1n) is 6.25. The number of rotatable bonds is 3. The Morgan fingerprint density at radius 1 is 1.40 bits per heavy atom. The van der Waals surface area contributed by atoms with Crippen LogP contribution in [0, 0.1) is 5.82 Å². The number of fused-ring (bicyclic) bond motifs is 1. The van der Waals surface area contributed by atoms with Crippen LogP contribution in [0.15, 0.2) is 24.5 Å². The van der Waals surface area contributed by atoms with Crippen molar-refractivity contribution in [2.75, 3.05) is 6.54 Å². The first-order chi connectivity index (χ1) is 9.65. The molecule has 20 heavy (non-hydrogen) atoms. The summed E-state index contributed by atoms with van der Waals surface area (Å²) in [7, 11) is 0. The normalized spacial score (nSPS) is 15.1. The molecular formula is C13H13FN4O2. The fourth-order valence-corrected chi connectivity index (χ4v) is 2.36. The van der Waals surface area contributed by atoms with Crippen LogP contribution in [0.3, 0.4) is 0 Å². The van der Waals surface area contributed by atoms with Crippen molar-refractivity contribution in [1.29, 1.82) is 0 Å². The first-order valence-corrected chi connectivity index (χ1v) is 6.25. The molecule has 0 fully saturated rings.